The van der Waals surface area contributed by atoms with E-state index in [0.29, 0.717) is 34.2 Å². The minimum atomic E-state index is -0.345. The van der Waals surface area contributed by atoms with Crippen LogP contribution in [0.1, 0.15) is 49.2 Å². The molecule has 1 N–H and O–H groups in total. The van der Waals surface area contributed by atoms with Gasteiger partial charge >= 0.3 is 5.97 Å². The van der Waals surface area contributed by atoms with Gasteiger partial charge in [-0.15, -0.1) is 0 Å². The first kappa shape index (κ1) is 24.4. The van der Waals surface area contributed by atoms with Crippen LogP contribution < -0.4 is 5.32 Å². The Bertz CT molecular complexity index is 1160. The summed E-state index contributed by atoms with van der Waals surface area (Å²) < 4.78 is 5.63. The van der Waals surface area contributed by atoms with E-state index >= 15 is 0 Å². The summed E-state index contributed by atoms with van der Waals surface area (Å²) in [6.07, 6.45) is 0.999. The Morgan fingerprint density at radius 2 is 2.03 bits per heavy atom. The van der Waals surface area contributed by atoms with Gasteiger partial charge in [-0.1, -0.05) is 55.4 Å². The van der Waals surface area contributed by atoms with Gasteiger partial charge in [0.2, 0.25) is 0 Å². The fourth-order valence-corrected chi connectivity index (χ4v) is 5.23. The van der Waals surface area contributed by atoms with Gasteiger partial charge in [0, 0.05) is 28.6 Å². The van der Waals surface area contributed by atoms with Gasteiger partial charge in [0.1, 0.15) is 0 Å². The Morgan fingerprint density at radius 3 is 2.79 bits per heavy atom. The van der Waals surface area contributed by atoms with Crippen LogP contribution in [-0.2, 0) is 9.53 Å². The predicted molar refractivity (Wildman–Crippen MR) is 138 cm³/mol. The van der Waals surface area contributed by atoms with Crippen LogP contribution in [0.25, 0.3) is 0 Å². The van der Waals surface area contributed by atoms with E-state index in [-0.39, 0.29) is 23.8 Å². The van der Waals surface area contributed by atoms with E-state index in [0.717, 1.165) is 29.4 Å². The molecule has 6 nitrogen and oxygen atoms in total. The third-order valence-corrected chi connectivity index (χ3v) is 6.89. The topological polar surface area (TPSA) is 71.0 Å². The van der Waals surface area contributed by atoms with Gasteiger partial charge in [-0.05, 0) is 55.2 Å². The number of fused-ring (bicyclic) bond motifs is 1. The van der Waals surface area contributed by atoms with Crippen molar-refractivity contribution in [3.05, 3.63) is 76.0 Å². The number of allylic oxidation sites excluding steroid dienone is 1. The van der Waals surface area contributed by atoms with Crippen molar-refractivity contribution in [3.8, 4) is 0 Å². The summed E-state index contributed by atoms with van der Waals surface area (Å²) in [5.41, 5.74) is 3.24. The van der Waals surface area contributed by atoms with Gasteiger partial charge in [-0.3, -0.25) is 4.79 Å². The smallest absolute Gasteiger partial charge is 0.338 e. The lowest BCUT2D eigenvalue weighted by Gasteiger charge is -2.40. The van der Waals surface area contributed by atoms with E-state index in [1.54, 1.807) is 36.0 Å². The molecule has 178 valence electrons. The number of nitrogens with zero attached hydrogens (tertiary/aromatic N) is 2. The Morgan fingerprint density at radius 1 is 1.24 bits per heavy atom. The van der Waals surface area contributed by atoms with Gasteiger partial charge in [-0.25, -0.2) is 9.79 Å². The average Bonchev–Trinajstić information content (AvgIpc) is 2.81. The second-order valence-electron chi connectivity index (χ2n) is 8.77. The molecule has 34 heavy (non-hydrogen) atoms. The van der Waals surface area contributed by atoms with Gasteiger partial charge in [0.05, 0.1) is 23.9 Å². The third kappa shape index (κ3) is 5.47. The normalized spacial score (nSPS) is 17.9. The molecule has 2 aromatic carbocycles. The first-order valence-electron chi connectivity index (χ1n) is 11.4. The molecule has 0 aliphatic carbocycles. The highest BCUT2D eigenvalue weighted by atomic mass is 35.5. The van der Waals surface area contributed by atoms with E-state index in [2.05, 4.69) is 10.2 Å². The van der Waals surface area contributed by atoms with Crippen molar-refractivity contribution in [2.45, 2.75) is 33.2 Å². The number of esters is 1. The largest absolute Gasteiger partial charge is 0.462 e. The third-order valence-electron chi connectivity index (χ3n) is 5.57. The maximum atomic E-state index is 13.2. The number of rotatable bonds is 6. The fourth-order valence-electron chi connectivity index (χ4n) is 4.02. The highest BCUT2D eigenvalue weighted by Crippen LogP contribution is 2.40. The number of amides is 1. The first-order valence-corrected chi connectivity index (χ1v) is 12.7. The minimum absolute atomic E-state index is 0.238. The quantitative estimate of drug-likeness (QED) is 0.502. The van der Waals surface area contributed by atoms with Gasteiger partial charge < -0.3 is 15.0 Å². The van der Waals surface area contributed by atoms with E-state index < -0.39 is 0 Å². The molecule has 1 amide bonds. The van der Waals surface area contributed by atoms with Crippen LogP contribution in [0, 0.1) is 5.92 Å². The number of carbonyl (C=O) groups excluding carboxylic acids is 2. The van der Waals surface area contributed by atoms with Crippen LogP contribution in [-0.4, -0.2) is 40.8 Å². The number of hydrogen-bond donors (Lipinski definition) is 1. The van der Waals surface area contributed by atoms with Gasteiger partial charge in [0.25, 0.3) is 5.91 Å². The fraction of sp³-hybridized carbons (Fsp3) is 0.346. The summed E-state index contributed by atoms with van der Waals surface area (Å²) in [6, 6.07) is 14.1. The molecule has 2 aliphatic heterocycles. The van der Waals surface area contributed by atoms with Crippen molar-refractivity contribution in [2.24, 2.45) is 10.9 Å². The molecule has 1 unspecified atom stereocenters. The van der Waals surface area contributed by atoms with E-state index in [1.165, 1.54) is 0 Å². The molecule has 4 rings (SSSR count). The number of thioether (sulfide) groups is 1. The minimum Gasteiger partial charge on any atom is -0.462 e. The zero-order valence-electron chi connectivity index (χ0n) is 19.5. The molecule has 1 fully saturated rings. The van der Waals surface area contributed by atoms with Crippen molar-refractivity contribution in [3.63, 3.8) is 0 Å². The van der Waals surface area contributed by atoms with Crippen LogP contribution in [0.3, 0.4) is 0 Å². The molecular weight excluding hydrogens is 470 g/mol. The molecule has 0 radical (unpaired) electrons. The van der Waals surface area contributed by atoms with E-state index in [1.807, 2.05) is 45.0 Å². The molecule has 0 aromatic heterocycles. The Kier molecular flexibility index (Phi) is 7.63. The molecular formula is C26H28ClN3O3S. The number of anilines is 1. The summed E-state index contributed by atoms with van der Waals surface area (Å²) >= 11 is 7.74. The number of halogens is 1. The standard InChI is InChI=1S/C26H28ClN3O3S/c1-16(2)15-33-25(32)22-17(3)28-26-30(11-6-12-34-26)23(22)18-7-5-10-21(14-18)29-24(31)19-8-4-9-20(27)13-19/h4-5,7-10,13-14,16,23H,6,11-12,15H2,1-3H3,(H,29,31). The van der Waals surface area contributed by atoms with Crippen molar-refractivity contribution in [1.29, 1.82) is 0 Å². The van der Waals surface area contributed by atoms with Crippen LogP contribution in [0.2, 0.25) is 5.02 Å². The molecule has 0 bridgehead atoms. The average molecular weight is 498 g/mol. The zero-order valence-corrected chi connectivity index (χ0v) is 21.1. The van der Waals surface area contributed by atoms with Crippen molar-refractivity contribution < 1.29 is 14.3 Å². The van der Waals surface area contributed by atoms with E-state index in [9.17, 15) is 9.59 Å². The van der Waals surface area contributed by atoms with Crippen LogP contribution >= 0.6 is 23.4 Å². The van der Waals surface area contributed by atoms with Crippen LogP contribution in [0.5, 0.6) is 0 Å². The summed E-state index contributed by atoms with van der Waals surface area (Å²) in [7, 11) is 0. The molecule has 1 atom stereocenters. The number of carbonyl (C=O) groups is 2. The molecule has 2 aliphatic rings. The van der Waals surface area contributed by atoms with E-state index in [4.69, 9.17) is 21.3 Å². The number of benzene rings is 2. The summed E-state index contributed by atoms with van der Waals surface area (Å²) in [6.45, 7) is 7.03. The SMILES string of the molecule is CC1=C(C(=O)OCC(C)C)C(c2cccc(NC(=O)c3cccc(Cl)c3)c2)N2CCCSC2=N1. The first-order chi connectivity index (χ1) is 16.3. The molecule has 2 heterocycles. The lowest BCUT2D eigenvalue weighted by molar-refractivity contribution is -0.140. The lowest BCUT2D eigenvalue weighted by atomic mass is 9.94. The molecule has 0 spiro atoms. The Labute approximate surface area is 209 Å². The maximum absolute atomic E-state index is 13.2. The lowest BCUT2D eigenvalue weighted by Crippen LogP contribution is -2.42. The number of ether oxygens (including phenoxy) is 1. The van der Waals surface area contributed by atoms with Crippen molar-refractivity contribution >= 4 is 46.1 Å². The molecule has 0 saturated carbocycles. The maximum Gasteiger partial charge on any atom is 0.338 e. The summed E-state index contributed by atoms with van der Waals surface area (Å²) in [5, 5.41) is 4.37. The molecule has 2 aromatic rings. The van der Waals surface area contributed by atoms with Crippen LogP contribution in [0.4, 0.5) is 5.69 Å². The second kappa shape index (κ2) is 10.7. The number of hydrogen-bond acceptors (Lipinski definition) is 6. The Hall–Kier alpha value is -2.77. The van der Waals surface area contributed by atoms with Crippen molar-refractivity contribution in [1.82, 2.24) is 4.90 Å². The highest BCUT2D eigenvalue weighted by Gasteiger charge is 2.38. The van der Waals surface area contributed by atoms with Gasteiger partial charge in [0.15, 0.2) is 5.17 Å². The molecule has 1 saturated heterocycles. The van der Waals surface area contributed by atoms with Crippen LogP contribution in [0.15, 0.2) is 64.8 Å². The summed E-state index contributed by atoms with van der Waals surface area (Å²) in [5.74, 6) is 0.643. The summed E-state index contributed by atoms with van der Waals surface area (Å²) in [4.78, 5) is 32.9. The monoisotopic (exact) mass is 497 g/mol. The zero-order chi connectivity index (χ0) is 24.2. The number of nitrogens with one attached hydrogen (secondary N) is 1. The van der Waals surface area contributed by atoms with Gasteiger partial charge in [-0.2, -0.15) is 0 Å². The predicted octanol–water partition coefficient (Wildman–Crippen LogP) is 5.92. The number of aliphatic imine (C=N–C) groups is 1. The highest BCUT2D eigenvalue weighted by molar-refractivity contribution is 8.13. The molecule has 8 heteroatoms. The van der Waals surface area contributed by atoms with Crippen molar-refractivity contribution in [2.75, 3.05) is 24.2 Å². The number of amidine groups is 1. The second-order valence-corrected chi connectivity index (χ2v) is 10.3. The Balaban J connectivity index is 1.66.